The molecule has 0 amide bonds. The number of benzene rings is 1. The second-order valence-corrected chi connectivity index (χ2v) is 3.14. The topological polar surface area (TPSA) is 0 Å². The lowest BCUT2D eigenvalue weighted by molar-refractivity contribution is -0.289. The van der Waals surface area contributed by atoms with Gasteiger partial charge in [0.2, 0.25) is 0 Å². The van der Waals surface area contributed by atoms with Crippen molar-refractivity contribution in [3.8, 4) is 0 Å². The smallest absolute Gasteiger partial charge is 0.191 e. The maximum atomic E-state index is 12.7. The highest BCUT2D eigenvalue weighted by molar-refractivity contribution is 7.80. The predicted octanol–water partition coefficient (Wildman–Crippen LogP) is 3.63. The summed E-state index contributed by atoms with van der Waals surface area (Å²) in [4.78, 5) is 0.0615. The summed E-state index contributed by atoms with van der Waals surface area (Å²) in [5.41, 5.74) is -1.10. The van der Waals surface area contributed by atoms with Crippen molar-refractivity contribution in [1.29, 1.82) is 0 Å². The molecule has 0 N–H and O–H groups in total. The molecule has 0 nitrogen and oxygen atoms in total. The molecular formula is C8H5F5S. The lowest BCUT2D eigenvalue weighted by Gasteiger charge is -2.19. The molecule has 0 saturated carbocycles. The van der Waals surface area contributed by atoms with Crippen LogP contribution < -0.4 is 0 Å². The maximum absolute atomic E-state index is 12.7. The lowest BCUT2D eigenvalue weighted by Crippen LogP contribution is -2.33. The first-order valence-corrected chi connectivity index (χ1v) is 3.94. The molecular weight excluding hydrogens is 223 g/mol. The minimum absolute atomic E-state index is 0.0615. The zero-order valence-corrected chi connectivity index (χ0v) is 7.54. The van der Waals surface area contributed by atoms with Gasteiger partial charge in [-0.05, 0) is 12.1 Å². The normalized spacial score (nSPS) is 13.0. The van der Waals surface area contributed by atoms with Crippen LogP contribution in [0, 0.1) is 0 Å². The second kappa shape index (κ2) is 3.42. The molecule has 0 heterocycles. The SMILES string of the molecule is FC(F)(F)C(F)(F)c1cccc(S)c1. The van der Waals surface area contributed by atoms with E-state index in [9.17, 15) is 22.0 Å². The Morgan fingerprint density at radius 2 is 1.57 bits per heavy atom. The number of hydrogen-bond acceptors (Lipinski definition) is 1. The van der Waals surface area contributed by atoms with Crippen molar-refractivity contribution in [1.82, 2.24) is 0 Å². The fraction of sp³-hybridized carbons (Fsp3) is 0.250. The van der Waals surface area contributed by atoms with E-state index in [2.05, 4.69) is 12.6 Å². The number of halogens is 5. The van der Waals surface area contributed by atoms with Crippen LogP contribution in [0.5, 0.6) is 0 Å². The van der Waals surface area contributed by atoms with Gasteiger partial charge in [0.05, 0.1) is 0 Å². The number of rotatable bonds is 1. The highest BCUT2D eigenvalue weighted by atomic mass is 32.1. The fourth-order valence-corrected chi connectivity index (χ4v) is 1.09. The Bertz CT molecular complexity index is 331. The monoisotopic (exact) mass is 228 g/mol. The van der Waals surface area contributed by atoms with Crippen molar-refractivity contribution in [2.75, 3.05) is 0 Å². The van der Waals surface area contributed by atoms with Crippen LogP contribution in [0.3, 0.4) is 0 Å². The van der Waals surface area contributed by atoms with Crippen LogP contribution in [0.4, 0.5) is 22.0 Å². The van der Waals surface area contributed by atoms with Crippen LogP contribution in [-0.4, -0.2) is 6.18 Å². The van der Waals surface area contributed by atoms with Gasteiger partial charge in [-0.15, -0.1) is 12.6 Å². The molecule has 0 aromatic heterocycles. The van der Waals surface area contributed by atoms with Gasteiger partial charge < -0.3 is 0 Å². The van der Waals surface area contributed by atoms with Crippen molar-refractivity contribution < 1.29 is 22.0 Å². The van der Waals surface area contributed by atoms with Gasteiger partial charge in [0, 0.05) is 10.5 Å². The van der Waals surface area contributed by atoms with Crippen molar-refractivity contribution >= 4 is 12.6 Å². The fourth-order valence-electron chi connectivity index (χ4n) is 0.865. The average molecular weight is 228 g/mol. The second-order valence-electron chi connectivity index (χ2n) is 2.62. The van der Waals surface area contributed by atoms with Gasteiger partial charge in [-0.1, -0.05) is 12.1 Å². The Morgan fingerprint density at radius 1 is 1.00 bits per heavy atom. The van der Waals surface area contributed by atoms with E-state index in [1.165, 1.54) is 6.07 Å². The van der Waals surface area contributed by atoms with Gasteiger partial charge in [-0.3, -0.25) is 0 Å². The number of alkyl halides is 5. The van der Waals surface area contributed by atoms with Crippen LogP contribution in [-0.2, 0) is 5.92 Å². The zero-order chi connectivity index (χ0) is 11.0. The summed E-state index contributed by atoms with van der Waals surface area (Å²) < 4.78 is 61.0. The van der Waals surface area contributed by atoms with Gasteiger partial charge in [0.25, 0.3) is 0 Å². The Hall–Kier alpha value is -0.780. The summed E-state index contributed by atoms with van der Waals surface area (Å²) in [5.74, 6) is -4.83. The largest absolute Gasteiger partial charge is 0.458 e. The molecule has 0 spiro atoms. The lowest BCUT2D eigenvalue weighted by atomic mass is 10.1. The minimum atomic E-state index is -5.57. The number of hydrogen-bond donors (Lipinski definition) is 1. The molecule has 0 radical (unpaired) electrons. The van der Waals surface area contributed by atoms with Crippen molar-refractivity contribution in [2.45, 2.75) is 17.0 Å². The van der Waals surface area contributed by atoms with Crippen LogP contribution >= 0.6 is 12.6 Å². The van der Waals surface area contributed by atoms with E-state index < -0.39 is 17.7 Å². The summed E-state index contributed by atoms with van der Waals surface area (Å²) in [5, 5.41) is 0. The third-order valence-electron chi connectivity index (χ3n) is 1.56. The molecule has 0 unspecified atom stereocenters. The third-order valence-corrected chi connectivity index (χ3v) is 1.84. The van der Waals surface area contributed by atoms with Crippen molar-refractivity contribution in [3.05, 3.63) is 29.8 Å². The van der Waals surface area contributed by atoms with E-state index in [-0.39, 0.29) is 4.90 Å². The molecule has 1 aromatic carbocycles. The van der Waals surface area contributed by atoms with Gasteiger partial charge >= 0.3 is 12.1 Å². The molecule has 0 bridgehead atoms. The van der Waals surface area contributed by atoms with E-state index in [0.29, 0.717) is 12.1 Å². The van der Waals surface area contributed by atoms with E-state index in [1.807, 2.05) is 0 Å². The van der Waals surface area contributed by atoms with Crippen molar-refractivity contribution in [2.24, 2.45) is 0 Å². The first kappa shape index (κ1) is 11.3. The highest BCUT2D eigenvalue weighted by Crippen LogP contribution is 2.43. The molecule has 0 atom stereocenters. The Balaban J connectivity index is 3.16. The molecule has 14 heavy (non-hydrogen) atoms. The summed E-state index contributed by atoms with van der Waals surface area (Å²) in [7, 11) is 0. The predicted molar refractivity (Wildman–Crippen MR) is 43.6 cm³/mol. The zero-order valence-electron chi connectivity index (χ0n) is 6.65. The third kappa shape index (κ3) is 2.00. The molecule has 1 rings (SSSR count). The van der Waals surface area contributed by atoms with Gasteiger partial charge in [0.1, 0.15) is 0 Å². The van der Waals surface area contributed by atoms with Crippen LogP contribution in [0.15, 0.2) is 29.2 Å². The summed E-state index contributed by atoms with van der Waals surface area (Å²) in [6, 6.07) is 3.82. The van der Waals surface area contributed by atoms with E-state index in [1.54, 1.807) is 0 Å². The molecule has 0 aliphatic rings. The van der Waals surface area contributed by atoms with E-state index in [4.69, 9.17) is 0 Å². The summed E-state index contributed by atoms with van der Waals surface area (Å²) in [6.07, 6.45) is -5.57. The molecule has 6 heteroatoms. The van der Waals surface area contributed by atoms with E-state index in [0.717, 1.165) is 6.07 Å². The summed E-state index contributed by atoms with van der Waals surface area (Å²) >= 11 is 3.68. The summed E-state index contributed by atoms with van der Waals surface area (Å²) in [6.45, 7) is 0. The average Bonchev–Trinajstić information content (AvgIpc) is 2.02. The van der Waals surface area contributed by atoms with Gasteiger partial charge in [0.15, 0.2) is 0 Å². The maximum Gasteiger partial charge on any atom is 0.458 e. The van der Waals surface area contributed by atoms with Gasteiger partial charge in [-0.25, -0.2) is 0 Å². The molecule has 78 valence electrons. The highest BCUT2D eigenvalue weighted by Gasteiger charge is 2.58. The van der Waals surface area contributed by atoms with Crippen molar-refractivity contribution in [3.63, 3.8) is 0 Å². The molecule has 0 aliphatic heterocycles. The van der Waals surface area contributed by atoms with Crippen LogP contribution in [0.1, 0.15) is 5.56 Å². The Morgan fingerprint density at radius 3 is 2.00 bits per heavy atom. The molecule has 0 fully saturated rings. The number of thiol groups is 1. The molecule has 1 aromatic rings. The molecule has 0 aliphatic carbocycles. The van der Waals surface area contributed by atoms with E-state index >= 15 is 0 Å². The first-order valence-electron chi connectivity index (χ1n) is 3.49. The van der Waals surface area contributed by atoms with Crippen LogP contribution in [0.2, 0.25) is 0 Å². The quantitative estimate of drug-likeness (QED) is 0.550. The van der Waals surface area contributed by atoms with Gasteiger partial charge in [-0.2, -0.15) is 22.0 Å². The Labute approximate surface area is 82.1 Å². The minimum Gasteiger partial charge on any atom is -0.191 e. The molecule has 0 saturated heterocycles. The first-order chi connectivity index (χ1) is 6.25. The standard InChI is InChI=1S/C8H5F5S/c9-7(10,8(11,12)13)5-2-1-3-6(14)4-5/h1-4,14H. The van der Waals surface area contributed by atoms with Crippen LogP contribution in [0.25, 0.3) is 0 Å². The Kier molecular flexibility index (Phi) is 2.76.